The first kappa shape index (κ1) is 11.2. The Kier molecular flexibility index (Phi) is 4.63. The fraction of sp³-hybridized carbons (Fsp3) is 0.500. The molecule has 2 N–H and O–H groups in total. The average molecular weight is 193 g/mol. The van der Waals surface area contributed by atoms with Gasteiger partial charge < -0.3 is 10.4 Å². The van der Waals surface area contributed by atoms with Gasteiger partial charge in [-0.2, -0.15) is 0 Å². The largest absolute Gasteiger partial charge is 0.396 e. The predicted octanol–water partition coefficient (Wildman–Crippen LogP) is 1.86. The quantitative estimate of drug-likeness (QED) is 0.748. The minimum atomic E-state index is 0.252. The van der Waals surface area contributed by atoms with Crippen molar-refractivity contribution in [1.29, 1.82) is 0 Å². The van der Waals surface area contributed by atoms with Crippen LogP contribution in [0.2, 0.25) is 0 Å². The van der Waals surface area contributed by atoms with Crippen molar-refractivity contribution < 1.29 is 5.11 Å². The second-order valence-electron chi connectivity index (χ2n) is 3.78. The summed E-state index contributed by atoms with van der Waals surface area (Å²) in [6.07, 6.45) is 0.811. The van der Waals surface area contributed by atoms with Crippen molar-refractivity contribution in [1.82, 2.24) is 5.32 Å². The summed E-state index contributed by atoms with van der Waals surface area (Å²) in [5, 5.41) is 12.1. The lowest BCUT2D eigenvalue weighted by Crippen LogP contribution is -2.26. The maximum atomic E-state index is 8.74. The summed E-state index contributed by atoms with van der Waals surface area (Å²) in [5.74, 6) is 0. The highest BCUT2D eigenvalue weighted by Crippen LogP contribution is 2.04. The molecular formula is C12H19NO. The van der Waals surface area contributed by atoms with Crippen LogP contribution in [0.25, 0.3) is 0 Å². The first-order valence-corrected chi connectivity index (χ1v) is 5.12. The van der Waals surface area contributed by atoms with Gasteiger partial charge in [-0.15, -0.1) is 0 Å². The molecule has 0 saturated carbocycles. The van der Waals surface area contributed by atoms with Crippen molar-refractivity contribution in [2.24, 2.45) is 0 Å². The highest BCUT2D eigenvalue weighted by atomic mass is 16.3. The minimum absolute atomic E-state index is 0.252. The lowest BCUT2D eigenvalue weighted by Gasteiger charge is -2.12. The molecular weight excluding hydrogens is 174 g/mol. The highest BCUT2D eigenvalue weighted by molar-refractivity contribution is 5.21. The van der Waals surface area contributed by atoms with E-state index in [-0.39, 0.29) is 6.61 Å². The average Bonchev–Trinajstić information content (AvgIpc) is 2.15. The van der Waals surface area contributed by atoms with Crippen LogP contribution in [-0.4, -0.2) is 17.8 Å². The molecule has 0 fully saturated rings. The van der Waals surface area contributed by atoms with Crippen LogP contribution in [-0.2, 0) is 6.54 Å². The molecule has 2 heteroatoms. The Bertz CT molecular complexity index is 273. The van der Waals surface area contributed by atoms with E-state index in [2.05, 4.69) is 43.4 Å². The lowest BCUT2D eigenvalue weighted by molar-refractivity contribution is 0.268. The van der Waals surface area contributed by atoms with Gasteiger partial charge in [-0.1, -0.05) is 29.8 Å². The summed E-state index contributed by atoms with van der Waals surface area (Å²) in [6, 6.07) is 8.84. The van der Waals surface area contributed by atoms with Crippen LogP contribution in [0.4, 0.5) is 0 Å². The minimum Gasteiger partial charge on any atom is -0.396 e. The second kappa shape index (κ2) is 5.78. The zero-order chi connectivity index (χ0) is 10.4. The molecule has 78 valence electrons. The zero-order valence-electron chi connectivity index (χ0n) is 8.96. The number of hydrogen-bond donors (Lipinski definition) is 2. The summed E-state index contributed by atoms with van der Waals surface area (Å²) in [4.78, 5) is 0. The van der Waals surface area contributed by atoms with Gasteiger partial charge in [-0.05, 0) is 25.8 Å². The highest BCUT2D eigenvalue weighted by Gasteiger charge is 1.99. The monoisotopic (exact) mass is 193 g/mol. The molecule has 1 aromatic carbocycles. The molecule has 14 heavy (non-hydrogen) atoms. The molecule has 1 aromatic rings. The number of nitrogens with one attached hydrogen (secondary N) is 1. The molecule has 2 nitrogen and oxygen atoms in total. The van der Waals surface area contributed by atoms with Crippen LogP contribution in [0.15, 0.2) is 24.3 Å². The Labute approximate surface area is 86.0 Å². The molecule has 0 aliphatic heterocycles. The van der Waals surface area contributed by atoms with E-state index in [9.17, 15) is 0 Å². The normalized spacial score (nSPS) is 12.8. The van der Waals surface area contributed by atoms with E-state index in [1.54, 1.807) is 0 Å². The summed E-state index contributed by atoms with van der Waals surface area (Å²) in [6.45, 7) is 5.32. The third kappa shape index (κ3) is 3.90. The molecule has 0 aliphatic rings. The number of benzene rings is 1. The molecule has 0 spiro atoms. The Morgan fingerprint density at radius 2 is 2.21 bits per heavy atom. The van der Waals surface area contributed by atoms with Crippen LogP contribution < -0.4 is 5.32 Å². The Morgan fingerprint density at radius 1 is 1.43 bits per heavy atom. The Balaban J connectivity index is 2.37. The van der Waals surface area contributed by atoms with E-state index in [0.29, 0.717) is 6.04 Å². The van der Waals surface area contributed by atoms with E-state index in [4.69, 9.17) is 5.11 Å². The van der Waals surface area contributed by atoms with Crippen molar-refractivity contribution in [3.05, 3.63) is 35.4 Å². The zero-order valence-corrected chi connectivity index (χ0v) is 8.96. The molecule has 0 saturated heterocycles. The molecule has 0 amide bonds. The Hall–Kier alpha value is -0.860. The van der Waals surface area contributed by atoms with E-state index in [1.807, 2.05) is 0 Å². The van der Waals surface area contributed by atoms with Crippen LogP contribution in [0, 0.1) is 6.92 Å². The van der Waals surface area contributed by atoms with Crippen molar-refractivity contribution in [3.8, 4) is 0 Å². The first-order chi connectivity index (χ1) is 6.72. The molecule has 0 aromatic heterocycles. The maximum Gasteiger partial charge on any atom is 0.0445 e. The summed E-state index contributed by atoms with van der Waals surface area (Å²) in [7, 11) is 0. The topological polar surface area (TPSA) is 32.3 Å². The molecule has 0 bridgehead atoms. The maximum absolute atomic E-state index is 8.74. The van der Waals surface area contributed by atoms with E-state index >= 15 is 0 Å². The molecule has 0 aliphatic carbocycles. The number of hydrogen-bond acceptors (Lipinski definition) is 2. The third-order valence-corrected chi connectivity index (χ3v) is 2.30. The molecule has 0 radical (unpaired) electrons. The van der Waals surface area contributed by atoms with E-state index < -0.39 is 0 Å². The van der Waals surface area contributed by atoms with Crippen molar-refractivity contribution in [3.63, 3.8) is 0 Å². The number of rotatable bonds is 5. The molecule has 0 heterocycles. The SMILES string of the molecule is Cc1cccc(CNC(C)CCO)c1. The van der Waals surface area contributed by atoms with Gasteiger partial charge in [0.2, 0.25) is 0 Å². The second-order valence-corrected chi connectivity index (χ2v) is 3.78. The standard InChI is InChI=1S/C12H19NO/c1-10-4-3-5-12(8-10)9-13-11(2)6-7-14/h3-5,8,11,13-14H,6-7,9H2,1-2H3. The fourth-order valence-electron chi connectivity index (χ4n) is 1.41. The van der Waals surface area contributed by atoms with Gasteiger partial charge in [-0.25, -0.2) is 0 Å². The van der Waals surface area contributed by atoms with Crippen LogP contribution in [0.1, 0.15) is 24.5 Å². The summed E-state index contributed by atoms with van der Waals surface area (Å²) < 4.78 is 0. The van der Waals surface area contributed by atoms with Crippen molar-refractivity contribution >= 4 is 0 Å². The van der Waals surface area contributed by atoms with Crippen LogP contribution >= 0.6 is 0 Å². The third-order valence-electron chi connectivity index (χ3n) is 2.30. The van der Waals surface area contributed by atoms with Gasteiger partial charge in [0, 0.05) is 19.2 Å². The predicted molar refractivity (Wildman–Crippen MR) is 59.2 cm³/mol. The summed E-state index contributed by atoms with van der Waals surface area (Å²) in [5.41, 5.74) is 2.59. The number of aliphatic hydroxyl groups excluding tert-OH is 1. The van der Waals surface area contributed by atoms with Crippen LogP contribution in [0.5, 0.6) is 0 Å². The van der Waals surface area contributed by atoms with Gasteiger partial charge >= 0.3 is 0 Å². The number of aliphatic hydroxyl groups is 1. The number of aryl methyl sites for hydroxylation is 1. The van der Waals surface area contributed by atoms with Crippen LogP contribution in [0.3, 0.4) is 0 Å². The van der Waals surface area contributed by atoms with Crippen molar-refractivity contribution in [2.75, 3.05) is 6.61 Å². The van der Waals surface area contributed by atoms with Gasteiger partial charge in [0.15, 0.2) is 0 Å². The smallest absolute Gasteiger partial charge is 0.0445 e. The van der Waals surface area contributed by atoms with E-state index in [1.165, 1.54) is 11.1 Å². The fourth-order valence-corrected chi connectivity index (χ4v) is 1.41. The first-order valence-electron chi connectivity index (χ1n) is 5.12. The molecule has 1 unspecified atom stereocenters. The molecule has 1 atom stereocenters. The van der Waals surface area contributed by atoms with Gasteiger partial charge in [0.25, 0.3) is 0 Å². The van der Waals surface area contributed by atoms with Gasteiger partial charge in [-0.3, -0.25) is 0 Å². The lowest BCUT2D eigenvalue weighted by atomic mass is 10.1. The van der Waals surface area contributed by atoms with Gasteiger partial charge in [0.1, 0.15) is 0 Å². The molecule has 1 rings (SSSR count). The van der Waals surface area contributed by atoms with E-state index in [0.717, 1.165) is 13.0 Å². The Morgan fingerprint density at radius 3 is 2.86 bits per heavy atom. The van der Waals surface area contributed by atoms with Crippen molar-refractivity contribution in [2.45, 2.75) is 32.9 Å². The van der Waals surface area contributed by atoms with Gasteiger partial charge in [0.05, 0.1) is 0 Å². The summed E-state index contributed by atoms with van der Waals surface area (Å²) >= 11 is 0.